The van der Waals surface area contributed by atoms with Crippen molar-refractivity contribution in [3.8, 4) is 0 Å². The van der Waals surface area contributed by atoms with Gasteiger partial charge in [0.25, 0.3) is 0 Å². The molecule has 1 aliphatic rings. The summed E-state index contributed by atoms with van der Waals surface area (Å²) in [6, 6.07) is 20.7. The first-order chi connectivity index (χ1) is 8.86. The van der Waals surface area contributed by atoms with Crippen LogP contribution < -0.4 is 0 Å². The summed E-state index contributed by atoms with van der Waals surface area (Å²) in [4.78, 5) is 0. The molecule has 1 aliphatic carbocycles. The molecule has 0 radical (unpaired) electrons. The van der Waals surface area contributed by atoms with Gasteiger partial charge in [-0.05, 0) is 28.7 Å². The van der Waals surface area contributed by atoms with Gasteiger partial charge in [0, 0.05) is 0 Å². The van der Waals surface area contributed by atoms with Crippen molar-refractivity contribution >= 4 is 22.7 Å². The van der Waals surface area contributed by atoms with Gasteiger partial charge >= 0.3 is 0 Å². The van der Waals surface area contributed by atoms with E-state index in [1.54, 1.807) is 0 Å². The summed E-state index contributed by atoms with van der Waals surface area (Å²) in [5.74, 6) is 0. The molecule has 0 bridgehead atoms. The van der Waals surface area contributed by atoms with Crippen LogP contribution in [0.2, 0.25) is 0 Å². The molecule has 3 rings (SSSR count). The van der Waals surface area contributed by atoms with Gasteiger partial charge in [-0.1, -0.05) is 78.3 Å². The largest absolute Gasteiger partial charge is 0.0833 e. The van der Waals surface area contributed by atoms with Crippen molar-refractivity contribution in [3.63, 3.8) is 0 Å². The van der Waals surface area contributed by atoms with E-state index < -0.39 is 0 Å². The monoisotopic (exact) mass is 252 g/mol. The van der Waals surface area contributed by atoms with E-state index in [1.165, 1.54) is 16.7 Å². The molecule has 0 amide bonds. The maximum absolute atomic E-state index is 6.52. The van der Waals surface area contributed by atoms with Gasteiger partial charge in [0.15, 0.2) is 0 Å². The lowest BCUT2D eigenvalue weighted by Crippen LogP contribution is -1.84. The Morgan fingerprint density at radius 3 is 1.89 bits per heavy atom. The van der Waals surface area contributed by atoms with Crippen LogP contribution >= 0.6 is 11.6 Å². The van der Waals surface area contributed by atoms with Gasteiger partial charge in [-0.15, -0.1) is 0 Å². The zero-order valence-electron chi connectivity index (χ0n) is 9.94. The van der Waals surface area contributed by atoms with Crippen LogP contribution in [0.4, 0.5) is 0 Å². The fraction of sp³-hybridized carbons (Fsp3) is 0.0588. The molecule has 0 aliphatic heterocycles. The molecule has 2 aromatic rings. The van der Waals surface area contributed by atoms with E-state index in [0.717, 1.165) is 17.0 Å². The predicted octanol–water partition coefficient (Wildman–Crippen LogP) is 5.12. The summed E-state index contributed by atoms with van der Waals surface area (Å²) >= 11 is 6.52. The molecule has 0 unspecified atom stereocenters. The Kier molecular flexibility index (Phi) is 3.04. The van der Waals surface area contributed by atoms with E-state index in [0.29, 0.717) is 0 Å². The van der Waals surface area contributed by atoms with Crippen LogP contribution in [0.1, 0.15) is 17.5 Å². The maximum atomic E-state index is 6.52. The smallest absolute Gasteiger partial charge is 0.0522 e. The van der Waals surface area contributed by atoms with Crippen LogP contribution in [0, 0.1) is 0 Å². The first kappa shape index (κ1) is 11.3. The average Bonchev–Trinajstić information content (AvgIpc) is 2.83. The highest BCUT2D eigenvalue weighted by Gasteiger charge is 2.18. The molecule has 0 aromatic heterocycles. The minimum Gasteiger partial charge on any atom is -0.0833 e. The van der Waals surface area contributed by atoms with Crippen molar-refractivity contribution in [1.29, 1.82) is 0 Å². The number of halogens is 1. The first-order valence-electron chi connectivity index (χ1n) is 6.06. The van der Waals surface area contributed by atoms with Crippen LogP contribution in [0.3, 0.4) is 0 Å². The van der Waals surface area contributed by atoms with Gasteiger partial charge in [-0.25, -0.2) is 0 Å². The average molecular weight is 253 g/mol. The standard InChI is InChI=1S/C17H13Cl/c18-17-15(13-7-3-1-4-8-13)11-12-16(17)14-9-5-2-6-10-14/h1-11H,12H2. The number of hydrogen-bond donors (Lipinski definition) is 0. The Morgan fingerprint density at radius 1 is 0.722 bits per heavy atom. The molecule has 0 N–H and O–H groups in total. The topological polar surface area (TPSA) is 0 Å². The highest BCUT2D eigenvalue weighted by Crippen LogP contribution is 2.40. The lowest BCUT2D eigenvalue weighted by molar-refractivity contribution is 1.43. The number of benzene rings is 2. The Morgan fingerprint density at radius 2 is 1.28 bits per heavy atom. The summed E-state index contributed by atoms with van der Waals surface area (Å²) in [5, 5.41) is 0.882. The molecule has 1 heteroatoms. The zero-order chi connectivity index (χ0) is 12.4. The summed E-state index contributed by atoms with van der Waals surface area (Å²) in [6.45, 7) is 0. The van der Waals surface area contributed by atoms with Gasteiger partial charge in [-0.3, -0.25) is 0 Å². The third kappa shape index (κ3) is 2.00. The highest BCUT2D eigenvalue weighted by atomic mass is 35.5. The SMILES string of the molecule is ClC1=C(c2ccccc2)CC=C1c1ccccc1. The Hall–Kier alpha value is -1.79. The molecule has 0 fully saturated rings. The second-order valence-corrected chi connectivity index (χ2v) is 4.72. The number of hydrogen-bond acceptors (Lipinski definition) is 0. The van der Waals surface area contributed by atoms with Crippen LogP contribution in [0.15, 0.2) is 71.8 Å². The Balaban J connectivity index is 2.00. The van der Waals surface area contributed by atoms with E-state index in [9.17, 15) is 0 Å². The fourth-order valence-electron chi connectivity index (χ4n) is 2.29. The molecule has 2 aromatic carbocycles. The van der Waals surface area contributed by atoms with Gasteiger partial charge < -0.3 is 0 Å². The minimum absolute atomic E-state index is 0.882. The predicted molar refractivity (Wildman–Crippen MR) is 78.3 cm³/mol. The van der Waals surface area contributed by atoms with E-state index in [-0.39, 0.29) is 0 Å². The van der Waals surface area contributed by atoms with Crippen molar-refractivity contribution in [2.75, 3.05) is 0 Å². The zero-order valence-corrected chi connectivity index (χ0v) is 10.7. The molecule has 0 saturated carbocycles. The molecule has 18 heavy (non-hydrogen) atoms. The fourth-order valence-corrected chi connectivity index (χ4v) is 2.66. The quantitative estimate of drug-likeness (QED) is 0.696. The number of allylic oxidation sites excluding steroid dienone is 4. The third-order valence-electron chi connectivity index (χ3n) is 3.22. The second-order valence-electron chi connectivity index (χ2n) is 4.35. The molecule has 88 valence electrons. The van der Waals surface area contributed by atoms with Crippen LogP contribution in [-0.4, -0.2) is 0 Å². The van der Waals surface area contributed by atoms with Gasteiger partial charge in [0.1, 0.15) is 0 Å². The molecule has 0 saturated heterocycles. The maximum Gasteiger partial charge on any atom is 0.0522 e. The van der Waals surface area contributed by atoms with Gasteiger partial charge in [0.2, 0.25) is 0 Å². The van der Waals surface area contributed by atoms with Gasteiger partial charge in [0.05, 0.1) is 5.03 Å². The van der Waals surface area contributed by atoms with Crippen molar-refractivity contribution < 1.29 is 0 Å². The lowest BCUT2D eigenvalue weighted by atomic mass is 10.0. The summed E-state index contributed by atoms with van der Waals surface area (Å²) in [5.41, 5.74) is 4.77. The summed E-state index contributed by atoms with van der Waals surface area (Å²) in [6.07, 6.45) is 3.12. The molecule has 0 heterocycles. The Bertz CT molecular complexity index is 564. The van der Waals surface area contributed by atoms with Crippen molar-refractivity contribution in [1.82, 2.24) is 0 Å². The number of rotatable bonds is 2. The first-order valence-corrected chi connectivity index (χ1v) is 6.44. The summed E-state index contributed by atoms with van der Waals surface area (Å²) in [7, 11) is 0. The normalized spacial score (nSPS) is 14.8. The third-order valence-corrected chi connectivity index (χ3v) is 3.65. The van der Waals surface area contributed by atoms with E-state index in [1.807, 2.05) is 36.4 Å². The lowest BCUT2D eigenvalue weighted by Gasteiger charge is -2.05. The van der Waals surface area contributed by atoms with Crippen LogP contribution in [0.5, 0.6) is 0 Å². The molecule has 0 nitrogen and oxygen atoms in total. The van der Waals surface area contributed by atoms with Crippen molar-refractivity contribution in [3.05, 3.63) is 82.9 Å². The van der Waals surface area contributed by atoms with Gasteiger partial charge in [-0.2, -0.15) is 0 Å². The molecule has 0 spiro atoms. The Labute approximate surface area is 112 Å². The molecular weight excluding hydrogens is 240 g/mol. The van der Waals surface area contributed by atoms with E-state index in [2.05, 4.69) is 30.3 Å². The van der Waals surface area contributed by atoms with Crippen molar-refractivity contribution in [2.24, 2.45) is 0 Å². The molecular formula is C17H13Cl. The summed E-state index contributed by atoms with van der Waals surface area (Å²) < 4.78 is 0. The highest BCUT2D eigenvalue weighted by molar-refractivity contribution is 6.41. The van der Waals surface area contributed by atoms with Crippen LogP contribution in [-0.2, 0) is 0 Å². The van der Waals surface area contributed by atoms with E-state index >= 15 is 0 Å². The second kappa shape index (κ2) is 4.83. The van der Waals surface area contributed by atoms with Crippen molar-refractivity contribution in [2.45, 2.75) is 6.42 Å². The molecule has 0 atom stereocenters. The minimum atomic E-state index is 0.882. The van der Waals surface area contributed by atoms with Crippen LogP contribution in [0.25, 0.3) is 11.1 Å². The van der Waals surface area contributed by atoms with E-state index in [4.69, 9.17) is 11.6 Å².